The van der Waals surface area contributed by atoms with E-state index in [4.69, 9.17) is 0 Å². The van der Waals surface area contributed by atoms with Crippen molar-refractivity contribution in [1.29, 1.82) is 0 Å². The number of thioether (sulfide) groups is 1. The molecule has 3 rings (SSSR count). The van der Waals surface area contributed by atoms with Crippen molar-refractivity contribution in [2.45, 2.75) is 18.3 Å². The highest BCUT2D eigenvalue weighted by Crippen LogP contribution is 2.38. The van der Waals surface area contributed by atoms with E-state index in [-0.39, 0.29) is 0 Å². The molecule has 1 atom stereocenters. The second kappa shape index (κ2) is 5.90. The van der Waals surface area contributed by atoms with Crippen molar-refractivity contribution in [2.24, 2.45) is 0 Å². The maximum absolute atomic E-state index is 10.6. The summed E-state index contributed by atoms with van der Waals surface area (Å²) in [6.07, 6.45) is 0.587. The Morgan fingerprint density at radius 2 is 2.05 bits per heavy atom. The molecule has 1 N–H and O–H groups in total. The summed E-state index contributed by atoms with van der Waals surface area (Å²) in [4.78, 5) is 2.49. The Labute approximate surface area is 137 Å². The average molecular weight is 420 g/mol. The lowest BCUT2D eigenvalue weighted by Crippen LogP contribution is -1.98. The minimum Gasteiger partial charge on any atom is -0.383 e. The first-order chi connectivity index (χ1) is 9.15. The maximum atomic E-state index is 10.6. The van der Waals surface area contributed by atoms with Gasteiger partial charge in [0.05, 0.1) is 0 Å². The lowest BCUT2D eigenvalue weighted by Gasteiger charge is -2.11. The summed E-state index contributed by atoms with van der Waals surface area (Å²) in [5, 5.41) is 10.6. The van der Waals surface area contributed by atoms with Gasteiger partial charge in [-0.1, -0.05) is 31.9 Å². The van der Waals surface area contributed by atoms with Gasteiger partial charge >= 0.3 is 0 Å². The van der Waals surface area contributed by atoms with Crippen molar-refractivity contribution in [1.82, 2.24) is 0 Å². The summed E-state index contributed by atoms with van der Waals surface area (Å²) in [7, 11) is 0. The van der Waals surface area contributed by atoms with E-state index in [1.54, 1.807) is 11.3 Å². The van der Waals surface area contributed by atoms with Gasteiger partial charge in [-0.05, 0) is 42.0 Å². The molecule has 1 unspecified atom stereocenters. The first-order valence-corrected chi connectivity index (χ1v) is 9.53. The van der Waals surface area contributed by atoms with Crippen molar-refractivity contribution in [3.05, 3.63) is 54.1 Å². The number of hydrogen-bond acceptors (Lipinski definition) is 3. The molecular weight excluding hydrogens is 408 g/mol. The lowest BCUT2D eigenvalue weighted by molar-refractivity contribution is 0.223. The summed E-state index contributed by atoms with van der Waals surface area (Å²) in [5.41, 5.74) is 2.32. The highest BCUT2D eigenvalue weighted by Gasteiger charge is 2.20. The summed E-state index contributed by atoms with van der Waals surface area (Å²) in [6.45, 7) is 0. The number of aliphatic hydroxyl groups is 1. The molecule has 19 heavy (non-hydrogen) atoms. The first kappa shape index (κ1) is 14.1. The van der Waals surface area contributed by atoms with Crippen LogP contribution >= 0.6 is 55.0 Å². The molecule has 0 radical (unpaired) electrons. The quantitative estimate of drug-likeness (QED) is 0.726. The molecule has 0 saturated carbocycles. The average Bonchev–Trinajstić information content (AvgIpc) is 2.84. The number of aryl methyl sites for hydroxylation is 1. The van der Waals surface area contributed by atoms with Gasteiger partial charge in [0.25, 0.3) is 0 Å². The van der Waals surface area contributed by atoms with Gasteiger partial charge in [0, 0.05) is 30.0 Å². The van der Waals surface area contributed by atoms with Crippen molar-refractivity contribution in [3.63, 3.8) is 0 Å². The smallest absolute Gasteiger partial charge is 0.114 e. The molecule has 0 bridgehead atoms. The third kappa shape index (κ3) is 2.95. The zero-order valence-corrected chi connectivity index (χ0v) is 14.8. The normalized spacial score (nSPS) is 16.2. The van der Waals surface area contributed by atoms with Gasteiger partial charge in [-0.15, -0.1) is 11.3 Å². The fourth-order valence-corrected chi connectivity index (χ4v) is 5.41. The number of hydrogen-bond donors (Lipinski definition) is 1. The Morgan fingerprint density at radius 3 is 2.84 bits per heavy atom. The molecule has 1 aliphatic rings. The predicted octanol–water partition coefficient (Wildman–Crippen LogP) is 5.14. The van der Waals surface area contributed by atoms with Gasteiger partial charge in [-0.25, -0.2) is 0 Å². The molecule has 0 saturated heterocycles. The molecule has 0 fully saturated rings. The summed E-state index contributed by atoms with van der Waals surface area (Å²) < 4.78 is 1.94. The minimum absolute atomic E-state index is 0.549. The van der Waals surface area contributed by atoms with Gasteiger partial charge in [0.1, 0.15) is 6.10 Å². The second-order valence-electron chi connectivity index (χ2n) is 4.47. The van der Waals surface area contributed by atoms with Gasteiger partial charge < -0.3 is 5.11 Å². The van der Waals surface area contributed by atoms with E-state index in [0.717, 1.165) is 31.6 Å². The van der Waals surface area contributed by atoms with E-state index in [2.05, 4.69) is 37.9 Å². The Morgan fingerprint density at radius 1 is 1.21 bits per heavy atom. The first-order valence-electron chi connectivity index (χ1n) is 5.97. The molecule has 100 valence electrons. The number of rotatable bonds is 2. The van der Waals surface area contributed by atoms with Gasteiger partial charge in [-0.3, -0.25) is 0 Å². The van der Waals surface area contributed by atoms with Crippen LogP contribution in [0.2, 0.25) is 0 Å². The van der Waals surface area contributed by atoms with Crippen molar-refractivity contribution < 1.29 is 5.11 Å². The van der Waals surface area contributed by atoms with Crippen LogP contribution in [0.4, 0.5) is 0 Å². The third-order valence-corrected chi connectivity index (χ3v) is 6.68. The molecule has 2 heterocycles. The van der Waals surface area contributed by atoms with Crippen molar-refractivity contribution in [2.75, 3.05) is 5.75 Å². The van der Waals surface area contributed by atoms with Crippen LogP contribution in [-0.4, -0.2) is 10.9 Å². The molecule has 1 aromatic heterocycles. The lowest BCUT2D eigenvalue weighted by atomic mass is 10.1. The van der Waals surface area contributed by atoms with E-state index in [1.807, 2.05) is 30.0 Å². The monoisotopic (exact) mass is 418 g/mol. The summed E-state index contributed by atoms with van der Waals surface area (Å²) >= 11 is 10.7. The summed E-state index contributed by atoms with van der Waals surface area (Å²) in [6, 6.07) is 8.08. The zero-order valence-electron chi connectivity index (χ0n) is 10.0. The highest BCUT2D eigenvalue weighted by atomic mass is 79.9. The number of thiophene rings is 1. The van der Waals surface area contributed by atoms with E-state index in [9.17, 15) is 5.11 Å². The topological polar surface area (TPSA) is 20.2 Å². The van der Waals surface area contributed by atoms with Crippen molar-refractivity contribution >= 4 is 55.0 Å². The second-order valence-corrected chi connectivity index (χ2v) is 8.51. The Balaban J connectivity index is 1.97. The SMILES string of the molecule is OC(c1cc2c(s1)CCSC2)c1cc(Br)ccc1Br. The fraction of sp³-hybridized carbons (Fsp3) is 0.286. The van der Waals surface area contributed by atoms with E-state index < -0.39 is 6.10 Å². The van der Waals surface area contributed by atoms with Crippen LogP contribution < -0.4 is 0 Å². The van der Waals surface area contributed by atoms with E-state index in [1.165, 1.54) is 16.2 Å². The van der Waals surface area contributed by atoms with E-state index in [0.29, 0.717) is 0 Å². The number of fused-ring (bicyclic) bond motifs is 1. The Bertz CT molecular complexity index is 586. The fourth-order valence-electron chi connectivity index (χ4n) is 2.18. The number of halogens is 2. The number of aliphatic hydroxyl groups excluding tert-OH is 1. The van der Waals surface area contributed by atoms with Gasteiger partial charge in [0.15, 0.2) is 0 Å². The third-order valence-electron chi connectivity index (χ3n) is 3.17. The maximum Gasteiger partial charge on any atom is 0.114 e. The van der Waals surface area contributed by atoms with Crippen LogP contribution in [0.1, 0.15) is 27.0 Å². The minimum atomic E-state index is -0.549. The molecule has 1 nitrogen and oxygen atoms in total. The zero-order chi connectivity index (χ0) is 13.4. The van der Waals surface area contributed by atoms with Crippen LogP contribution in [0, 0.1) is 0 Å². The molecule has 0 spiro atoms. The molecule has 2 aromatic rings. The predicted molar refractivity (Wildman–Crippen MR) is 90.1 cm³/mol. The van der Waals surface area contributed by atoms with Crippen LogP contribution in [-0.2, 0) is 12.2 Å². The Hall–Kier alpha value is 0.190. The molecule has 0 aliphatic carbocycles. The number of benzene rings is 1. The molecule has 1 aliphatic heterocycles. The molecule has 0 amide bonds. The largest absolute Gasteiger partial charge is 0.383 e. The van der Waals surface area contributed by atoms with E-state index >= 15 is 0 Å². The van der Waals surface area contributed by atoms with Gasteiger partial charge in [0.2, 0.25) is 0 Å². The highest BCUT2D eigenvalue weighted by molar-refractivity contribution is 9.11. The van der Waals surface area contributed by atoms with Crippen LogP contribution in [0.5, 0.6) is 0 Å². The van der Waals surface area contributed by atoms with Crippen LogP contribution in [0.25, 0.3) is 0 Å². The molecular formula is C14H12Br2OS2. The van der Waals surface area contributed by atoms with Gasteiger partial charge in [-0.2, -0.15) is 11.8 Å². The van der Waals surface area contributed by atoms with Crippen LogP contribution in [0.3, 0.4) is 0 Å². The standard InChI is InChI=1S/C14H12Br2OS2/c15-9-1-2-11(16)10(6-9)14(17)13-5-8-7-18-4-3-12(8)19-13/h1-2,5-6,14,17H,3-4,7H2. The molecule has 5 heteroatoms. The molecule has 1 aromatic carbocycles. The Kier molecular flexibility index (Phi) is 4.39. The van der Waals surface area contributed by atoms with Crippen molar-refractivity contribution in [3.8, 4) is 0 Å². The van der Waals surface area contributed by atoms with Crippen LogP contribution in [0.15, 0.2) is 33.2 Å². The summed E-state index contributed by atoms with van der Waals surface area (Å²) in [5.74, 6) is 2.28.